The van der Waals surface area contributed by atoms with Crippen LogP contribution in [-0.4, -0.2) is 6.29 Å². The first-order chi connectivity index (χ1) is 7.70. The number of halogens is 2. The van der Waals surface area contributed by atoms with Crippen molar-refractivity contribution in [3.63, 3.8) is 0 Å². The summed E-state index contributed by atoms with van der Waals surface area (Å²) in [5.41, 5.74) is 1.08. The third kappa shape index (κ3) is 1.98. The fourth-order valence-electron chi connectivity index (χ4n) is 1.50. The minimum Gasteiger partial charge on any atom is -0.298 e. The van der Waals surface area contributed by atoms with Crippen LogP contribution in [0, 0.1) is 11.6 Å². The molecule has 0 unspecified atom stereocenters. The van der Waals surface area contributed by atoms with Crippen LogP contribution in [0.15, 0.2) is 42.5 Å². The summed E-state index contributed by atoms with van der Waals surface area (Å²) >= 11 is 0. The highest BCUT2D eigenvalue weighted by molar-refractivity contribution is 5.78. The zero-order chi connectivity index (χ0) is 11.5. The summed E-state index contributed by atoms with van der Waals surface area (Å²) < 4.78 is 26.4. The van der Waals surface area contributed by atoms with Gasteiger partial charge in [-0.05, 0) is 29.8 Å². The molecular weight excluding hydrogens is 210 g/mol. The highest BCUT2D eigenvalue weighted by Crippen LogP contribution is 2.24. The van der Waals surface area contributed by atoms with Crippen molar-refractivity contribution in [3.05, 3.63) is 59.7 Å². The van der Waals surface area contributed by atoms with Crippen molar-refractivity contribution in [1.29, 1.82) is 0 Å². The lowest BCUT2D eigenvalue weighted by Crippen LogP contribution is -1.88. The average molecular weight is 218 g/mol. The first-order valence-corrected chi connectivity index (χ1v) is 4.71. The van der Waals surface area contributed by atoms with Gasteiger partial charge in [-0.1, -0.05) is 18.2 Å². The van der Waals surface area contributed by atoms with Crippen LogP contribution >= 0.6 is 0 Å². The van der Waals surface area contributed by atoms with Crippen molar-refractivity contribution in [2.24, 2.45) is 0 Å². The number of benzene rings is 2. The molecule has 80 valence electrons. The van der Waals surface area contributed by atoms with E-state index in [1.165, 1.54) is 6.07 Å². The Morgan fingerprint density at radius 2 is 1.81 bits per heavy atom. The summed E-state index contributed by atoms with van der Waals surface area (Å²) in [5.74, 6) is -1.02. The minimum absolute atomic E-state index is 0.156. The lowest BCUT2D eigenvalue weighted by atomic mass is 10.0. The summed E-state index contributed by atoms with van der Waals surface area (Å²) in [6.45, 7) is 0. The van der Waals surface area contributed by atoms with E-state index in [9.17, 15) is 13.6 Å². The fourth-order valence-corrected chi connectivity index (χ4v) is 1.50. The summed E-state index contributed by atoms with van der Waals surface area (Å²) in [6, 6.07) is 9.62. The molecule has 0 aliphatic rings. The molecule has 0 saturated heterocycles. The van der Waals surface area contributed by atoms with Crippen LogP contribution in [0.25, 0.3) is 11.1 Å². The Hall–Kier alpha value is -2.03. The van der Waals surface area contributed by atoms with Gasteiger partial charge in [0.15, 0.2) is 0 Å². The van der Waals surface area contributed by atoms with E-state index in [1.54, 1.807) is 18.2 Å². The van der Waals surface area contributed by atoms with Crippen LogP contribution in [0.4, 0.5) is 8.78 Å². The molecule has 0 N–H and O–H groups in total. The number of hydrogen-bond acceptors (Lipinski definition) is 1. The van der Waals surface area contributed by atoms with Crippen molar-refractivity contribution in [2.75, 3.05) is 0 Å². The van der Waals surface area contributed by atoms with Gasteiger partial charge in [-0.15, -0.1) is 0 Å². The SMILES string of the molecule is O=Cc1cccc(-c2cc(F)ccc2F)c1. The van der Waals surface area contributed by atoms with Gasteiger partial charge in [0.25, 0.3) is 0 Å². The van der Waals surface area contributed by atoms with Crippen molar-refractivity contribution >= 4 is 6.29 Å². The maximum Gasteiger partial charge on any atom is 0.150 e. The van der Waals surface area contributed by atoms with E-state index >= 15 is 0 Å². The molecule has 0 spiro atoms. The first kappa shape index (κ1) is 10.5. The van der Waals surface area contributed by atoms with Gasteiger partial charge in [0.2, 0.25) is 0 Å². The maximum absolute atomic E-state index is 13.4. The summed E-state index contributed by atoms with van der Waals surface area (Å²) in [5, 5.41) is 0. The molecule has 0 saturated carbocycles. The second-order valence-electron chi connectivity index (χ2n) is 3.37. The monoisotopic (exact) mass is 218 g/mol. The molecule has 0 radical (unpaired) electrons. The van der Waals surface area contributed by atoms with Gasteiger partial charge < -0.3 is 0 Å². The molecule has 0 bridgehead atoms. The number of hydrogen-bond donors (Lipinski definition) is 0. The quantitative estimate of drug-likeness (QED) is 0.705. The van der Waals surface area contributed by atoms with Gasteiger partial charge in [-0.2, -0.15) is 0 Å². The minimum atomic E-state index is -0.510. The van der Waals surface area contributed by atoms with Crippen LogP contribution in [-0.2, 0) is 0 Å². The fraction of sp³-hybridized carbons (Fsp3) is 0. The van der Waals surface area contributed by atoms with Crippen molar-refractivity contribution in [3.8, 4) is 11.1 Å². The number of aldehydes is 1. The van der Waals surface area contributed by atoms with Crippen LogP contribution in [0.5, 0.6) is 0 Å². The van der Waals surface area contributed by atoms with E-state index in [-0.39, 0.29) is 5.56 Å². The molecule has 1 nitrogen and oxygen atoms in total. The summed E-state index contributed by atoms with van der Waals surface area (Å²) in [7, 11) is 0. The lowest BCUT2D eigenvalue weighted by Gasteiger charge is -2.04. The Balaban J connectivity index is 2.57. The molecule has 0 heterocycles. The third-order valence-electron chi connectivity index (χ3n) is 2.26. The van der Waals surface area contributed by atoms with Gasteiger partial charge in [-0.3, -0.25) is 4.79 Å². The maximum atomic E-state index is 13.4. The van der Waals surface area contributed by atoms with E-state index in [2.05, 4.69) is 0 Å². The molecule has 3 heteroatoms. The van der Waals surface area contributed by atoms with Gasteiger partial charge in [0.05, 0.1) is 0 Å². The smallest absolute Gasteiger partial charge is 0.150 e. The van der Waals surface area contributed by atoms with Crippen LogP contribution < -0.4 is 0 Å². The van der Waals surface area contributed by atoms with E-state index in [4.69, 9.17) is 0 Å². The molecule has 16 heavy (non-hydrogen) atoms. The topological polar surface area (TPSA) is 17.1 Å². The molecule has 0 aliphatic carbocycles. The predicted molar refractivity (Wildman–Crippen MR) is 57.2 cm³/mol. The molecule has 0 atom stereocenters. The highest BCUT2D eigenvalue weighted by atomic mass is 19.1. The Morgan fingerprint density at radius 1 is 1.00 bits per heavy atom. The standard InChI is InChI=1S/C13H8F2O/c14-11-4-5-13(15)12(7-11)10-3-1-2-9(6-10)8-16/h1-8H. The number of rotatable bonds is 2. The van der Waals surface area contributed by atoms with Crippen molar-refractivity contribution in [2.45, 2.75) is 0 Å². The Morgan fingerprint density at radius 3 is 2.56 bits per heavy atom. The van der Waals surface area contributed by atoms with Gasteiger partial charge >= 0.3 is 0 Å². The molecule has 2 aromatic rings. The highest BCUT2D eigenvalue weighted by Gasteiger charge is 2.06. The zero-order valence-electron chi connectivity index (χ0n) is 8.28. The van der Waals surface area contributed by atoms with Gasteiger partial charge in [-0.25, -0.2) is 8.78 Å². The molecule has 2 rings (SSSR count). The third-order valence-corrected chi connectivity index (χ3v) is 2.26. The molecule has 0 aliphatic heterocycles. The lowest BCUT2D eigenvalue weighted by molar-refractivity contribution is 0.112. The summed E-state index contributed by atoms with van der Waals surface area (Å²) in [4.78, 5) is 10.6. The van der Waals surface area contributed by atoms with Crippen LogP contribution in [0.3, 0.4) is 0 Å². The Kier molecular flexibility index (Phi) is 2.77. The first-order valence-electron chi connectivity index (χ1n) is 4.71. The van der Waals surface area contributed by atoms with E-state index in [1.807, 2.05) is 0 Å². The molecule has 2 aromatic carbocycles. The number of carbonyl (C=O) groups excluding carboxylic acids is 1. The van der Waals surface area contributed by atoms with Crippen LogP contribution in [0.1, 0.15) is 10.4 Å². The van der Waals surface area contributed by atoms with Gasteiger partial charge in [0.1, 0.15) is 17.9 Å². The Bertz CT molecular complexity index is 535. The zero-order valence-corrected chi connectivity index (χ0v) is 8.28. The average Bonchev–Trinajstić information content (AvgIpc) is 2.32. The molecule has 0 aromatic heterocycles. The van der Waals surface area contributed by atoms with Crippen molar-refractivity contribution in [1.82, 2.24) is 0 Å². The molecular formula is C13H8F2O. The second kappa shape index (κ2) is 4.23. The molecule has 0 fully saturated rings. The van der Waals surface area contributed by atoms with Crippen LogP contribution in [0.2, 0.25) is 0 Å². The summed E-state index contributed by atoms with van der Waals surface area (Å²) in [6.07, 6.45) is 0.667. The largest absolute Gasteiger partial charge is 0.298 e. The predicted octanol–water partition coefficient (Wildman–Crippen LogP) is 3.44. The van der Waals surface area contributed by atoms with Crippen molar-refractivity contribution < 1.29 is 13.6 Å². The number of carbonyl (C=O) groups is 1. The van der Waals surface area contributed by atoms with E-state index < -0.39 is 11.6 Å². The van der Waals surface area contributed by atoms with Gasteiger partial charge in [0, 0.05) is 11.1 Å². The van der Waals surface area contributed by atoms with E-state index in [0.29, 0.717) is 17.4 Å². The second-order valence-corrected chi connectivity index (χ2v) is 3.37. The molecule has 0 amide bonds. The van der Waals surface area contributed by atoms with E-state index in [0.717, 1.165) is 18.2 Å². The normalized spacial score (nSPS) is 10.1. The Labute approximate surface area is 91.3 Å².